The molecular formula is C12H10N2. The third kappa shape index (κ3) is 1.67. The van der Waals surface area contributed by atoms with Crippen LogP contribution in [0, 0.1) is 12.3 Å². The first-order valence-corrected chi connectivity index (χ1v) is 4.43. The van der Waals surface area contributed by atoms with Crippen molar-refractivity contribution in [3.8, 4) is 18.0 Å². The maximum atomic E-state index is 5.21. The fraction of sp³-hybridized carbons (Fsp3) is 0.0833. The molecular weight excluding hydrogens is 172 g/mol. The molecule has 2 rings (SSSR count). The lowest BCUT2D eigenvalue weighted by atomic mass is 10.3. The standard InChI is InChI=1S/C12H10N2/c1-2-6-11-9-10-14(13-11)12-7-4-3-5-8-12/h1,3-5,7-10H,6H2. The van der Waals surface area contributed by atoms with Crippen LogP contribution in [0.4, 0.5) is 0 Å². The Morgan fingerprint density at radius 1 is 1.21 bits per heavy atom. The van der Waals surface area contributed by atoms with Crippen LogP contribution in [0.25, 0.3) is 5.69 Å². The van der Waals surface area contributed by atoms with E-state index in [-0.39, 0.29) is 0 Å². The van der Waals surface area contributed by atoms with Gasteiger partial charge in [-0.15, -0.1) is 12.3 Å². The first-order chi connectivity index (χ1) is 6.90. The van der Waals surface area contributed by atoms with E-state index >= 15 is 0 Å². The second-order valence-electron chi connectivity index (χ2n) is 2.97. The second-order valence-corrected chi connectivity index (χ2v) is 2.97. The van der Waals surface area contributed by atoms with Crippen molar-refractivity contribution >= 4 is 0 Å². The topological polar surface area (TPSA) is 17.8 Å². The number of para-hydroxylation sites is 1. The van der Waals surface area contributed by atoms with Crippen molar-refractivity contribution in [3.63, 3.8) is 0 Å². The van der Waals surface area contributed by atoms with Crippen molar-refractivity contribution in [1.29, 1.82) is 0 Å². The SMILES string of the molecule is C#CCc1ccn(-c2ccccc2)n1. The molecule has 0 aliphatic rings. The van der Waals surface area contributed by atoms with E-state index in [4.69, 9.17) is 6.42 Å². The highest BCUT2D eigenvalue weighted by molar-refractivity contribution is 5.30. The lowest BCUT2D eigenvalue weighted by molar-refractivity contribution is 0.854. The van der Waals surface area contributed by atoms with Crippen LogP contribution in [-0.4, -0.2) is 9.78 Å². The van der Waals surface area contributed by atoms with E-state index in [1.807, 2.05) is 47.3 Å². The minimum Gasteiger partial charge on any atom is -0.241 e. The fourth-order valence-electron chi connectivity index (χ4n) is 1.29. The molecule has 0 bridgehead atoms. The third-order valence-corrected chi connectivity index (χ3v) is 1.95. The molecule has 0 atom stereocenters. The molecule has 2 nitrogen and oxygen atoms in total. The Balaban J connectivity index is 2.31. The van der Waals surface area contributed by atoms with Gasteiger partial charge in [-0.1, -0.05) is 18.2 Å². The predicted octanol–water partition coefficient (Wildman–Crippen LogP) is 2.05. The minimum atomic E-state index is 0.583. The van der Waals surface area contributed by atoms with E-state index in [1.54, 1.807) is 0 Å². The van der Waals surface area contributed by atoms with Crippen LogP contribution in [0.3, 0.4) is 0 Å². The lowest BCUT2D eigenvalue weighted by Gasteiger charge is -1.98. The zero-order valence-electron chi connectivity index (χ0n) is 7.72. The van der Waals surface area contributed by atoms with Crippen LogP contribution in [-0.2, 0) is 6.42 Å². The van der Waals surface area contributed by atoms with E-state index in [2.05, 4.69) is 11.0 Å². The van der Waals surface area contributed by atoms with Crippen molar-refractivity contribution in [3.05, 3.63) is 48.3 Å². The second kappa shape index (κ2) is 3.80. The number of nitrogens with zero attached hydrogens (tertiary/aromatic N) is 2. The van der Waals surface area contributed by atoms with Crippen LogP contribution in [0.1, 0.15) is 5.69 Å². The van der Waals surface area contributed by atoms with Crippen LogP contribution >= 0.6 is 0 Å². The summed E-state index contributed by atoms with van der Waals surface area (Å²) in [4.78, 5) is 0. The summed E-state index contributed by atoms with van der Waals surface area (Å²) in [7, 11) is 0. The maximum absolute atomic E-state index is 5.21. The molecule has 1 aromatic heterocycles. The summed E-state index contributed by atoms with van der Waals surface area (Å²) in [5.74, 6) is 2.57. The first-order valence-electron chi connectivity index (χ1n) is 4.43. The quantitative estimate of drug-likeness (QED) is 0.650. The van der Waals surface area contributed by atoms with Crippen LogP contribution in [0.15, 0.2) is 42.6 Å². The first kappa shape index (κ1) is 8.58. The molecule has 2 aromatic rings. The zero-order valence-corrected chi connectivity index (χ0v) is 7.72. The van der Waals surface area contributed by atoms with Gasteiger partial charge in [0.15, 0.2) is 0 Å². The molecule has 1 heterocycles. The highest BCUT2D eigenvalue weighted by Gasteiger charge is 1.98. The van der Waals surface area contributed by atoms with Gasteiger partial charge in [-0.3, -0.25) is 0 Å². The summed E-state index contributed by atoms with van der Waals surface area (Å²) in [6.07, 6.45) is 7.71. The number of hydrogen-bond acceptors (Lipinski definition) is 1. The van der Waals surface area contributed by atoms with E-state index in [0.29, 0.717) is 6.42 Å². The number of terminal acetylenes is 1. The van der Waals surface area contributed by atoms with Gasteiger partial charge in [0.2, 0.25) is 0 Å². The molecule has 0 amide bonds. The van der Waals surface area contributed by atoms with E-state index in [0.717, 1.165) is 11.4 Å². The molecule has 0 spiro atoms. The van der Waals surface area contributed by atoms with Gasteiger partial charge in [-0.2, -0.15) is 5.10 Å². The Hall–Kier alpha value is -2.01. The molecule has 14 heavy (non-hydrogen) atoms. The maximum Gasteiger partial charge on any atom is 0.0747 e. The molecule has 0 saturated heterocycles. The lowest BCUT2D eigenvalue weighted by Crippen LogP contribution is -1.95. The van der Waals surface area contributed by atoms with Gasteiger partial charge >= 0.3 is 0 Å². The van der Waals surface area contributed by atoms with Crippen molar-refractivity contribution < 1.29 is 0 Å². The number of aromatic nitrogens is 2. The molecule has 1 aromatic carbocycles. The monoisotopic (exact) mass is 182 g/mol. The predicted molar refractivity (Wildman–Crippen MR) is 56.1 cm³/mol. The molecule has 0 unspecified atom stereocenters. The summed E-state index contributed by atoms with van der Waals surface area (Å²) in [5.41, 5.74) is 1.98. The largest absolute Gasteiger partial charge is 0.241 e. The molecule has 2 heteroatoms. The molecule has 0 fully saturated rings. The Morgan fingerprint density at radius 2 is 2.00 bits per heavy atom. The van der Waals surface area contributed by atoms with Crippen LogP contribution < -0.4 is 0 Å². The van der Waals surface area contributed by atoms with Crippen molar-refractivity contribution in [2.75, 3.05) is 0 Å². The summed E-state index contributed by atoms with van der Waals surface area (Å²) in [6.45, 7) is 0. The summed E-state index contributed by atoms with van der Waals surface area (Å²) in [5, 5.41) is 4.34. The van der Waals surface area contributed by atoms with Gasteiger partial charge in [0.25, 0.3) is 0 Å². The highest BCUT2D eigenvalue weighted by Crippen LogP contribution is 2.06. The van der Waals surface area contributed by atoms with Gasteiger partial charge in [-0.25, -0.2) is 4.68 Å². The van der Waals surface area contributed by atoms with Crippen molar-refractivity contribution in [2.24, 2.45) is 0 Å². The average Bonchev–Trinajstić information content (AvgIpc) is 2.68. The molecule has 0 aliphatic heterocycles. The summed E-state index contributed by atoms with van der Waals surface area (Å²) in [6, 6.07) is 11.9. The van der Waals surface area contributed by atoms with Crippen molar-refractivity contribution in [2.45, 2.75) is 6.42 Å². The minimum absolute atomic E-state index is 0.583. The molecule has 68 valence electrons. The molecule has 0 aliphatic carbocycles. The fourth-order valence-corrected chi connectivity index (χ4v) is 1.29. The zero-order chi connectivity index (χ0) is 9.80. The number of hydrogen-bond donors (Lipinski definition) is 0. The van der Waals surface area contributed by atoms with Crippen molar-refractivity contribution in [1.82, 2.24) is 9.78 Å². The van der Waals surface area contributed by atoms with Gasteiger partial charge < -0.3 is 0 Å². The average molecular weight is 182 g/mol. The molecule has 0 radical (unpaired) electrons. The summed E-state index contributed by atoms with van der Waals surface area (Å²) >= 11 is 0. The Labute approximate surface area is 83.2 Å². The van der Waals surface area contributed by atoms with E-state index in [9.17, 15) is 0 Å². The highest BCUT2D eigenvalue weighted by atomic mass is 15.3. The number of rotatable bonds is 2. The van der Waals surface area contributed by atoms with Gasteiger partial charge in [0, 0.05) is 6.20 Å². The Morgan fingerprint density at radius 3 is 2.71 bits per heavy atom. The normalized spacial score (nSPS) is 9.64. The molecule has 0 N–H and O–H groups in total. The van der Waals surface area contributed by atoms with E-state index in [1.165, 1.54) is 0 Å². The number of benzene rings is 1. The van der Waals surface area contributed by atoms with E-state index < -0.39 is 0 Å². The Bertz CT molecular complexity index is 449. The van der Waals surface area contributed by atoms with Gasteiger partial charge in [-0.05, 0) is 18.2 Å². The third-order valence-electron chi connectivity index (χ3n) is 1.95. The van der Waals surface area contributed by atoms with Gasteiger partial charge in [0.05, 0.1) is 17.8 Å². The Kier molecular flexibility index (Phi) is 2.33. The van der Waals surface area contributed by atoms with Crippen LogP contribution in [0.5, 0.6) is 0 Å². The smallest absolute Gasteiger partial charge is 0.0747 e. The van der Waals surface area contributed by atoms with Crippen LogP contribution in [0.2, 0.25) is 0 Å². The van der Waals surface area contributed by atoms with Gasteiger partial charge in [0.1, 0.15) is 0 Å². The summed E-state index contributed by atoms with van der Waals surface area (Å²) < 4.78 is 1.83. The molecule has 0 saturated carbocycles.